The number of hydrogen-bond donors (Lipinski definition) is 0. The van der Waals surface area contributed by atoms with Crippen molar-refractivity contribution in [3.8, 4) is 0 Å². The number of rotatable bonds is 4. The van der Waals surface area contributed by atoms with E-state index in [0.29, 0.717) is 20.9 Å². The monoisotopic (exact) mass is 394 g/mol. The van der Waals surface area contributed by atoms with E-state index in [9.17, 15) is 9.59 Å². The number of aromatic nitrogens is 2. The van der Waals surface area contributed by atoms with Crippen LogP contribution < -0.4 is 5.56 Å². The average Bonchev–Trinajstić information content (AvgIpc) is 2.96. The molecular formula is C15H11BrN2O2S2. The highest BCUT2D eigenvalue weighted by Gasteiger charge is 2.15. The van der Waals surface area contributed by atoms with Gasteiger partial charge < -0.3 is 0 Å². The second kappa shape index (κ2) is 6.36. The fraction of sp³-hybridized carbons (Fsp3) is 0.133. The first kappa shape index (κ1) is 15.5. The third-order valence-corrected chi connectivity index (χ3v) is 5.50. The summed E-state index contributed by atoms with van der Waals surface area (Å²) in [6, 6.07) is 10.8. The van der Waals surface area contributed by atoms with E-state index in [0.717, 1.165) is 3.79 Å². The van der Waals surface area contributed by atoms with Crippen molar-refractivity contribution in [1.29, 1.82) is 0 Å². The van der Waals surface area contributed by atoms with E-state index in [4.69, 9.17) is 0 Å². The number of benzene rings is 1. The summed E-state index contributed by atoms with van der Waals surface area (Å²) in [6.07, 6.45) is 1.85. The molecule has 3 aromatic rings. The van der Waals surface area contributed by atoms with Crippen LogP contribution in [0.5, 0.6) is 0 Å². The lowest BCUT2D eigenvalue weighted by molar-refractivity contribution is 0.0971. The van der Waals surface area contributed by atoms with E-state index in [-0.39, 0.29) is 17.9 Å². The fourth-order valence-corrected chi connectivity index (χ4v) is 4.00. The number of para-hydroxylation sites is 1. The van der Waals surface area contributed by atoms with Crippen LogP contribution >= 0.6 is 39.0 Å². The Bertz CT molecular complexity index is 917. The molecule has 0 amide bonds. The van der Waals surface area contributed by atoms with Gasteiger partial charge in [0.2, 0.25) is 0 Å². The van der Waals surface area contributed by atoms with Crippen LogP contribution in [0, 0.1) is 0 Å². The Hall–Kier alpha value is -1.44. The second-order valence-corrected chi connectivity index (χ2v) is 7.77. The average molecular weight is 395 g/mol. The molecule has 2 heterocycles. The van der Waals surface area contributed by atoms with E-state index in [1.807, 2.05) is 18.4 Å². The summed E-state index contributed by atoms with van der Waals surface area (Å²) in [5, 5.41) is 1.08. The molecule has 0 aliphatic rings. The van der Waals surface area contributed by atoms with Gasteiger partial charge in [-0.1, -0.05) is 23.9 Å². The number of hydrogen-bond acceptors (Lipinski definition) is 5. The van der Waals surface area contributed by atoms with Crippen LogP contribution in [-0.4, -0.2) is 21.6 Å². The second-order valence-electron chi connectivity index (χ2n) is 4.53. The maximum absolute atomic E-state index is 12.6. The Morgan fingerprint density at radius 2 is 2.09 bits per heavy atom. The van der Waals surface area contributed by atoms with Crippen molar-refractivity contribution in [2.45, 2.75) is 11.7 Å². The highest BCUT2D eigenvalue weighted by Crippen LogP contribution is 2.23. The molecule has 0 spiro atoms. The molecule has 2 aromatic heterocycles. The lowest BCUT2D eigenvalue weighted by atomic mass is 10.2. The number of thiophene rings is 1. The smallest absolute Gasteiger partial charge is 0.262 e. The van der Waals surface area contributed by atoms with Gasteiger partial charge in [-0.05, 0) is 46.5 Å². The number of nitrogens with zero attached hydrogens (tertiary/aromatic N) is 2. The molecule has 0 bridgehead atoms. The van der Waals surface area contributed by atoms with Crippen molar-refractivity contribution in [1.82, 2.24) is 9.55 Å². The first-order valence-electron chi connectivity index (χ1n) is 6.42. The van der Waals surface area contributed by atoms with Gasteiger partial charge in [-0.2, -0.15) is 0 Å². The molecule has 0 radical (unpaired) electrons. The molecule has 0 saturated carbocycles. The van der Waals surface area contributed by atoms with Gasteiger partial charge in [0.25, 0.3) is 5.56 Å². The summed E-state index contributed by atoms with van der Waals surface area (Å²) in [5.74, 6) is -0.0924. The molecule has 0 saturated heterocycles. The normalized spacial score (nSPS) is 11.0. The fourth-order valence-electron chi connectivity index (χ4n) is 2.13. The highest BCUT2D eigenvalue weighted by atomic mass is 79.9. The molecule has 22 heavy (non-hydrogen) atoms. The van der Waals surface area contributed by atoms with E-state index in [1.165, 1.54) is 27.7 Å². The van der Waals surface area contributed by atoms with Crippen molar-refractivity contribution >= 4 is 55.7 Å². The van der Waals surface area contributed by atoms with E-state index < -0.39 is 0 Å². The van der Waals surface area contributed by atoms with Crippen LogP contribution in [0.4, 0.5) is 0 Å². The Balaban J connectivity index is 2.08. The third-order valence-electron chi connectivity index (χ3n) is 3.16. The number of fused-ring (bicyclic) bond motifs is 1. The van der Waals surface area contributed by atoms with Crippen molar-refractivity contribution in [2.24, 2.45) is 0 Å². The van der Waals surface area contributed by atoms with E-state index >= 15 is 0 Å². The van der Waals surface area contributed by atoms with Gasteiger partial charge in [0.1, 0.15) is 0 Å². The van der Waals surface area contributed by atoms with Gasteiger partial charge in [-0.25, -0.2) is 4.98 Å². The van der Waals surface area contributed by atoms with Crippen LogP contribution in [0.1, 0.15) is 9.67 Å². The molecular weight excluding hydrogens is 384 g/mol. The summed E-state index contributed by atoms with van der Waals surface area (Å²) >= 11 is 6.07. The number of carbonyl (C=O) groups excluding carboxylic acids is 1. The van der Waals surface area contributed by atoms with Crippen LogP contribution in [0.3, 0.4) is 0 Å². The number of carbonyl (C=O) groups is 1. The molecule has 0 aliphatic carbocycles. The predicted molar refractivity (Wildman–Crippen MR) is 94.1 cm³/mol. The van der Waals surface area contributed by atoms with Crippen LogP contribution in [0.25, 0.3) is 10.9 Å². The van der Waals surface area contributed by atoms with Crippen molar-refractivity contribution < 1.29 is 4.79 Å². The molecule has 0 fully saturated rings. The standard InChI is InChI=1S/C15H11BrN2O2S2/c1-21-15-17-10-5-3-2-4-9(10)14(20)18(15)8-11(19)12-6-7-13(16)22-12/h2-7H,8H2,1H3. The number of thioether (sulfide) groups is 1. The van der Waals surface area contributed by atoms with Crippen molar-refractivity contribution in [3.05, 3.63) is 55.4 Å². The van der Waals surface area contributed by atoms with Gasteiger partial charge in [-0.3, -0.25) is 14.2 Å². The molecule has 112 valence electrons. The first-order valence-corrected chi connectivity index (χ1v) is 9.25. The van der Waals surface area contributed by atoms with E-state index in [2.05, 4.69) is 20.9 Å². The van der Waals surface area contributed by atoms with Gasteiger partial charge >= 0.3 is 0 Å². The molecule has 1 aromatic carbocycles. The number of ketones is 1. The lowest BCUT2D eigenvalue weighted by Gasteiger charge is -2.10. The zero-order valence-corrected chi connectivity index (χ0v) is 14.8. The summed E-state index contributed by atoms with van der Waals surface area (Å²) in [6.45, 7) is -0.000204. The SMILES string of the molecule is CSc1nc2ccccc2c(=O)n1CC(=O)c1ccc(Br)s1. The molecule has 0 aliphatic heterocycles. The van der Waals surface area contributed by atoms with Crippen molar-refractivity contribution in [2.75, 3.05) is 6.26 Å². The summed E-state index contributed by atoms with van der Waals surface area (Å²) in [7, 11) is 0. The third kappa shape index (κ3) is 2.88. The molecule has 0 N–H and O–H groups in total. The topological polar surface area (TPSA) is 52.0 Å². The van der Waals surface area contributed by atoms with Gasteiger partial charge in [-0.15, -0.1) is 11.3 Å². The largest absolute Gasteiger partial charge is 0.291 e. The molecule has 7 heteroatoms. The Morgan fingerprint density at radius 3 is 2.77 bits per heavy atom. The molecule has 4 nitrogen and oxygen atoms in total. The Morgan fingerprint density at radius 1 is 1.32 bits per heavy atom. The maximum atomic E-state index is 12.6. The first-order chi connectivity index (χ1) is 10.6. The van der Waals surface area contributed by atoms with Gasteiger partial charge in [0.15, 0.2) is 10.9 Å². The van der Waals surface area contributed by atoms with Crippen LogP contribution in [-0.2, 0) is 6.54 Å². The Labute approximate surface area is 143 Å². The summed E-state index contributed by atoms with van der Waals surface area (Å²) < 4.78 is 2.34. The highest BCUT2D eigenvalue weighted by molar-refractivity contribution is 9.11. The summed E-state index contributed by atoms with van der Waals surface area (Å²) in [4.78, 5) is 30.1. The van der Waals surface area contributed by atoms with Gasteiger partial charge in [0.05, 0.1) is 26.1 Å². The lowest BCUT2D eigenvalue weighted by Crippen LogP contribution is -2.26. The van der Waals surface area contributed by atoms with Crippen LogP contribution in [0.15, 0.2) is 50.1 Å². The number of halogens is 1. The minimum atomic E-state index is -0.182. The van der Waals surface area contributed by atoms with Gasteiger partial charge in [0, 0.05) is 0 Å². The minimum absolute atomic E-state index is 0.000204. The maximum Gasteiger partial charge on any atom is 0.262 e. The molecule has 3 rings (SSSR count). The molecule has 0 atom stereocenters. The minimum Gasteiger partial charge on any atom is -0.291 e. The quantitative estimate of drug-likeness (QED) is 0.383. The zero-order chi connectivity index (χ0) is 15.7. The zero-order valence-electron chi connectivity index (χ0n) is 11.6. The Kier molecular flexibility index (Phi) is 4.46. The van der Waals surface area contributed by atoms with Crippen molar-refractivity contribution in [3.63, 3.8) is 0 Å². The number of Topliss-reactive ketones (excluding diaryl/α,β-unsaturated/α-hetero) is 1. The molecule has 0 unspecified atom stereocenters. The van der Waals surface area contributed by atoms with E-state index in [1.54, 1.807) is 24.3 Å². The summed E-state index contributed by atoms with van der Waals surface area (Å²) in [5.41, 5.74) is 0.471. The predicted octanol–water partition coefficient (Wildman–Crippen LogP) is 3.83. The van der Waals surface area contributed by atoms with Crippen LogP contribution in [0.2, 0.25) is 0 Å².